The predicted molar refractivity (Wildman–Crippen MR) is 103 cm³/mol. The minimum atomic E-state index is -0.358. The van der Waals surface area contributed by atoms with Crippen LogP contribution in [0.25, 0.3) is 0 Å². The van der Waals surface area contributed by atoms with Crippen LogP contribution in [0.15, 0.2) is 42.5 Å². The highest BCUT2D eigenvalue weighted by molar-refractivity contribution is 5.90. The molecule has 2 rings (SSSR count). The molecule has 0 unspecified atom stereocenters. The van der Waals surface area contributed by atoms with Crippen molar-refractivity contribution in [1.29, 1.82) is 0 Å². The maximum absolute atomic E-state index is 11.9. The Bertz CT molecular complexity index is 715. The van der Waals surface area contributed by atoms with E-state index < -0.39 is 0 Å². The Hall–Kier alpha value is -2.69. The van der Waals surface area contributed by atoms with Crippen LogP contribution in [0.4, 0.5) is 5.69 Å². The zero-order valence-corrected chi connectivity index (χ0v) is 15.5. The number of hydrogen-bond donors (Lipinski definition) is 1. The fourth-order valence-corrected chi connectivity index (χ4v) is 2.35. The SMILES string of the molecule is CCCOC(=O)c1ccc(N)c(OCCCCOc2cccc(C)c2)c1. The van der Waals surface area contributed by atoms with Gasteiger partial charge in [-0.2, -0.15) is 0 Å². The van der Waals surface area contributed by atoms with Crippen LogP contribution in [0.2, 0.25) is 0 Å². The fourth-order valence-electron chi connectivity index (χ4n) is 2.35. The number of esters is 1. The van der Waals surface area contributed by atoms with Crippen molar-refractivity contribution in [1.82, 2.24) is 0 Å². The van der Waals surface area contributed by atoms with E-state index in [4.69, 9.17) is 19.9 Å². The van der Waals surface area contributed by atoms with Gasteiger partial charge in [-0.05, 0) is 62.1 Å². The van der Waals surface area contributed by atoms with E-state index in [1.54, 1.807) is 18.2 Å². The fraction of sp³-hybridized carbons (Fsp3) is 0.381. The highest BCUT2D eigenvalue weighted by Gasteiger charge is 2.10. The van der Waals surface area contributed by atoms with Gasteiger partial charge in [0.15, 0.2) is 0 Å². The molecule has 2 aromatic rings. The molecule has 0 atom stereocenters. The molecular weight excluding hydrogens is 330 g/mol. The van der Waals surface area contributed by atoms with E-state index in [9.17, 15) is 4.79 Å². The van der Waals surface area contributed by atoms with E-state index in [0.717, 1.165) is 25.0 Å². The predicted octanol–water partition coefficient (Wildman–Crippen LogP) is 4.38. The third-order valence-electron chi connectivity index (χ3n) is 3.74. The zero-order valence-electron chi connectivity index (χ0n) is 15.5. The number of anilines is 1. The molecule has 0 bridgehead atoms. The Morgan fingerprint density at radius 2 is 1.77 bits per heavy atom. The van der Waals surface area contributed by atoms with Crippen LogP contribution in [0, 0.1) is 6.92 Å². The quantitative estimate of drug-likeness (QED) is 0.388. The molecule has 0 heterocycles. The molecule has 0 aliphatic rings. The number of unbranched alkanes of at least 4 members (excludes halogenated alkanes) is 1. The summed E-state index contributed by atoms with van der Waals surface area (Å²) in [5.74, 6) is 1.03. The molecule has 0 aliphatic carbocycles. The zero-order chi connectivity index (χ0) is 18.8. The largest absolute Gasteiger partial charge is 0.494 e. The Morgan fingerprint density at radius 1 is 1.00 bits per heavy atom. The Labute approximate surface area is 155 Å². The van der Waals surface area contributed by atoms with Crippen molar-refractivity contribution in [2.45, 2.75) is 33.1 Å². The average molecular weight is 357 g/mol. The van der Waals surface area contributed by atoms with Gasteiger partial charge in [-0.1, -0.05) is 19.1 Å². The molecule has 0 fully saturated rings. The molecule has 0 aromatic heterocycles. The van der Waals surface area contributed by atoms with E-state index in [1.807, 2.05) is 38.1 Å². The van der Waals surface area contributed by atoms with Gasteiger partial charge >= 0.3 is 5.97 Å². The van der Waals surface area contributed by atoms with Gasteiger partial charge in [-0.3, -0.25) is 0 Å². The molecular formula is C21H27NO4. The van der Waals surface area contributed by atoms with Crippen LogP contribution < -0.4 is 15.2 Å². The number of ether oxygens (including phenoxy) is 3. The molecule has 0 saturated carbocycles. The summed E-state index contributed by atoms with van der Waals surface area (Å²) in [4.78, 5) is 11.9. The summed E-state index contributed by atoms with van der Waals surface area (Å²) in [5.41, 5.74) is 8.06. The highest BCUT2D eigenvalue weighted by atomic mass is 16.5. The van der Waals surface area contributed by atoms with Gasteiger partial charge in [0.05, 0.1) is 31.1 Å². The van der Waals surface area contributed by atoms with E-state index in [-0.39, 0.29) is 5.97 Å². The van der Waals surface area contributed by atoms with Gasteiger partial charge in [0, 0.05) is 0 Å². The van der Waals surface area contributed by atoms with Crippen LogP contribution in [0.3, 0.4) is 0 Å². The summed E-state index contributed by atoms with van der Waals surface area (Å²) in [7, 11) is 0. The maximum Gasteiger partial charge on any atom is 0.338 e. The Morgan fingerprint density at radius 3 is 2.50 bits per heavy atom. The van der Waals surface area contributed by atoms with Crippen LogP contribution >= 0.6 is 0 Å². The maximum atomic E-state index is 11.9. The van der Waals surface area contributed by atoms with Crippen LogP contribution in [0.5, 0.6) is 11.5 Å². The minimum Gasteiger partial charge on any atom is -0.494 e. The van der Waals surface area contributed by atoms with Gasteiger partial charge in [-0.15, -0.1) is 0 Å². The Balaban J connectivity index is 1.74. The average Bonchev–Trinajstić information content (AvgIpc) is 2.64. The third-order valence-corrected chi connectivity index (χ3v) is 3.74. The lowest BCUT2D eigenvalue weighted by molar-refractivity contribution is 0.0504. The van der Waals surface area contributed by atoms with Gasteiger partial charge in [0.1, 0.15) is 11.5 Å². The summed E-state index contributed by atoms with van der Waals surface area (Å²) in [6.07, 6.45) is 2.48. The lowest BCUT2D eigenvalue weighted by Gasteiger charge is -2.11. The molecule has 0 spiro atoms. The summed E-state index contributed by atoms with van der Waals surface area (Å²) < 4.78 is 16.6. The van der Waals surface area contributed by atoms with Crippen molar-refractivity contribution in [3.8, 4) is 11.5 Å². The van der Waals surface area contributed by atoms with E-state index in [1.165, 1.54) is 5.56 Å². The molecule has 2 N–H and O–H groups in total. The summed E-state index contributed by atoms with van der Waals surface area (Å²) in [6.45, 7) is 5.53. The smallest absolute Gasteiger partial charge is 0.338 e. The standard InChI is InChI=1S/C21H27NO4/c1-3-11-26-21(23)17-9-10-19(22)20(15-17)25-13-5-4-12-24-18-8-6-7-16(2)14-18/h6-10,14-15H,3-5,11-13,22H2,1-2H3. The summed E-state index contributed by atoms with van der Waals surface area (Å²) >= 11 is 0. The lowest BCUT2D eigenvalue weighted by atomic mass is 10.2. The first-order valence-electron chi connectivity index (χ1n) is 8.99. The molecule has 0 amide bonds. The van der Waals surface area contributed by atoms with Gasteiger partial charge < -0.3 is 19.9 Å². The van der Waals surface area contributed by atoms with Gasteiger partial charge in [-0.25, -0.2) is 4.79 Å². The van der Waals surface area contributed by atoms with Crippen molar-refractivity contribution in [2.24, 2.45) is 0 Å². The van der Waals surface area contributed by atoms with Crippen molar-refractivity contribution in [2.75, 3.05) is 25.6 Å². The Kier molecular flexibility index (Phi) is 7.80. The first-order chi connectivity index (χ1) is 12.6. The number of rotatable bonds is 10. The topological polar surface area (TPSA) is 70.8 Å². The molecule has 2 aromatic carbocycles. The van der Waals surface area contributed by atoms with E-state index in [0.29, 0.717) is 36.8 Å². The number of carbonyl (C=O) groups excluding carboxylic acids is 1. The normalized spacial score (nSPS) is 10.4. The van der Waals surface area contributed by atoms with Crippen molar-refractivity contribution in [3.63, 3.8) is 0 Å². The van der Waals surface area contributed by atoms with Crippen LogP contribution in [-0.2, 0) is 4.74 Å². The minimum absolute atomic E-state index is 0.358. The molecule has 0 radical (unpaired) electrons. The molecule has 5 heteroatoms. The second-order valence-corrected chi connectivity index (χ2v) is 6.11. The third kappa shape index (κ3) is 6.31. The number of carbonyl (C=O) groups is 1. The number of aryl methyl sites for hydroxylation is 1. The van der Waals surface area contributed by atoms with Crippen LogP contribution in [-0.4, -0.2) is 25.8 Å². The second kappa shape index (κ2) is 10.3. The van der Waals surface area contributed by atoms with Gasteiger partial charge in [0.2, 0.25) is 0 Å². The first-order valence-corrected chi connectivity index (χ1v) is 8.99. The lowest BCUT2D eigenvalue weighted by Crippen LogP contribution is -2.08. The summed E-state index contributed by atoms with van der Waals surface area (Å²) in [5, 5.41) is 0. The van der Waals surface area contributed by atoms with Crippen LogP contribution in [0.1, 0.15) is 42.1 Å². The monoisotopic (exact) mass is 357 g/mol. The summed E-state index contributed by atoms with van der Waals surface area (Å²) in [6, 6.07) is 12.9. The number of nitrogen functional groups attached to an aromatic ring is 1. The van der Waals surface area contributed by atoms with Gasteiger partial charge in [0.25, 0.3) is 0 Å². The number of hydrogen-bond acceptors (Lipinski definition) is 5. The number of nitrogens with two attached hydrogens (primary N) is 1. The first kappa shape index (κ1) is 19.6. The van der Waals surface area contributed by atoms with Crippen molar-refractivity contribution >= 4 is 11.7 Å². The molecule has 26 heavy (non-hydrogen) atoms. The number of benzene rings is 2. The van der Waals surface area contributed by atoms with E-state index in [2.05, 4.69) is 0 Å². The molecule has 140 valence electrons. The molecule has 5 nitrogen and oxygen atoms in total. The van der Waals surface area contributed by atoms with E-state index >= 15 is 0 Å². The van der Waals surface area contributed by atoms with Crippen molar-refractivity contribution < 1.29 is 19.0 Å². The second-order valence-electron chi connectivity index (χ2n) is 6.11. The highest BCUT2D eigenvalue weighted by Crippen LogP contribution is 2.23. The molecule has 0 aliphatic heterocycles. The van der Waals surface area contributed by atoms with Crippen molar-refractivity contribution in [3.05, 3.63) is 53.6 Å². The molecule has 0 saturated heterocycles.